The van der Waals surface area contributed by atoms with E-state index < -0.39 is 49.6 Å². The first kappa shape index (κ1) is 13.7. The molecule has 0 atom stereocenters. The Hall–Kier alpha value is -2.33. The normalized spacial score (nSPS) is 11.2. The largest absolute Gasteiger partial charge is 0.507 e. The Morgan fingerprint density at radius 3 is 1.89 bits per heavy atom. The third-order valence-electron chi connectivity index (χ3n) is 1.94. The zero-order chi connectivity index (χ0) is 14.2. The summed E-state index contributed by atoms with van der Waals surface area (Å²) in [7, 11) is -5.24. The number of carboxylic acid groups (broad SMARTS) is 2. The molecule has 0 saturated carbocycles. The third kappa shape index (κ3) is 2.19. The second kappa shape index (κ2) is 4.16. The predicted molar refractivity (Wildman–Crippen MR) is 53.5 cm³/mol. The van der Waals surface area contributed by atoms with Crippen molar-refractivity contribution in [2.75, 3.05) is 0 Å². The van der Waals surface area contributed by atoms with Crippen LogP contribution in [0.4, 0.5) is 0 Å². The van der Waals surface area contributed by atoms with Gasteiger partial charge >= 0.3 is 11.9 Å². The summed E-state index contributed by atoms with van der Waals surface area (Å²) in [6.07, 6.45) is 0. The minimum atomic E-state index is -5.24. The van der Waals surface area contributed by atoms with E-state index in [0.717, 1.165) is 0 Å². The van der Waals surface area contributed by atoms with Gasteiger partial charge in [-0.1, -0.05) is 0 Å². The molecule has 0 amide bonds. The quantitative estimate of drug-likeness (QED) is 0.369. The lowest BCUT2D eigenvalue weighted by molar-refractivity contribution is 0.0670. The molecule has 0 aliphatic heterocycles. The maximum Gasteiger partial charge on any atom is 0.341 e. The molecule has 0 radical (unpaired) electrons. The number of aromatic carboxylic acids is 2. The van der Waals surface area contributed by atoms with Crippen molar-refractivity contribution in [3.8, 4) is 11.5 Å². The van der Waals surface area contributed by atoms with Crippen LogP contribution in [0.25, 0.3) is 0 Å². The number of benzene rings is 1. The fourth-order valence-corrected chi connectivity index (χ4v) is 2.06. The summed E-state index contributed by atoms with van der Waals surface area (Å²) in [6.45, 7) is 0. The Morgan fingerprint density at radius 1 is 1.06 bits per heavy atom. The van der Waals surface area contributed by atoms with Crippen LogP contribution < -0.4 is 0 Å². The molecule has 0 fully saturated rings. The first-order valence-corrected chi connectivity index (χ1v) is 5.54. The van der Waals surface area contributed by atoms with Crippen LogP contribution in [-0.4, -0.2) is 45.3 Å². The maximum absolute atomic E-state index is 10.9. The number of hydrogen-bond donors (Lipinski definition) is 5. The van der Waals surface area contributed by atoms with Gasteiger partial charge in [0.2, 0.25) is 0 Å². The van der Waals surface area contributed by atoms with Crippen LogP contribution in [0.15, 0.2) is 11.0 Å². The molecule has 1 aromatic carbocycles. The maximum atomic E-state index is 10.9. The van der Waals surface area contributed by atoms with Crippen LogP contribution in [0.3, 0.4) is 0 Å². The van der Waals surface area contributed by atoms with Gasteiger partial charge in [0.15, 0.2) is 10.6 Å². The fraction of sp³-hybridized carbons (Fsp3) is 0. The van der Waals surface area contributed by atoms with Gasteiger partial charge in [0.1, 0.15) is 16.9 Å². The second-order valence-corrected chi connectivity index (χ2v) is 4.44. The first-order valence-electron chi connectivity index (χ1n) is 4.10. The zero-order valence-corrected chi connectivity index (χ0v) is 9.17. The van der Waals surface area contributed by atoms with E-state index in [9.17, 15) is 28.2 Å². The Morgan fingerprint density at radius 2 is 1.56 bits per heavy atom. The minimum Gasteiger partial charge on any atom is -0.507 e. The smallest absolute Gasteiger partial charge is 0.341 e. The van der Waals surface area contributed by atoms with Gasteiger partial charge in [0.05, 0.1) is 0 Å². The van der Waals surface area contributed by atoms with E-state index in [4.69, 9.17) is 14.8 Å². The van der Waals surface area contributed by atoms with E-state index >= 15 is 0 Å². The van der Waals surface area contributed by atoms with Crippen molar-refractivity contribution in [2.24, 2.45) is 0 Å². The highest BCUT2D eigenvalue weighted by Crippen LogP contribution is 2.36. The molecule has 0 aliphatic carbocycles. The van der Waals surface area contributed by atoms with Crippen molar-refractivity contribution in [1.29, 1.82) is 0 Å². The van der Waals surface area contributed by atoms with Crippen LogP contribution in [0.5, 0.6) is 11.5 Å². The molecular weight excluding hydrogens is 272 g/mol. The first-order chi connectivity index (χ1) is 8.07. The van der Waals surface area contributed by atoms with Crippen molar-refractivity contribution < 1.29 is 43.0 Å². The number of phenols is 2. The van der Waals surface area contributed by atoms with Crippen molar-refractivity contribution in [3.63, 3.8) is 0 Å². The molecule has 0 unspecified atom stereocenters. The van der Waals surface area contributed by atoms with Gasteiger partial charge in [-0.3, -0.25) is 4.55 Å². The van der Waals surface area contributed by atoms with Crippen molar-refractivity contribution in [2.45, 2.75) is 4.90 Å². The average molecular weight is 278 g/mol. The molecule has 0 saturated heterocycles. The van der Waals surface area contributed by atoms with E-state index in [1.807, 2.05) is 0 Å². The highest BCUT2D eigenvalue weighted by Gasteiger charge is 2.32. The summed E-state index contributed by atoms with van der Waals surface area (Å²) in [6, 6.07) is 0.357. The highest BCUT2D eigenvalue weighted by molar-refractivity contribution is 7.86. The monoisotopic (exact) mass is 278 g/mol. The molecule has 1 aromatic rings. The van der Waals surface area contributed by atoms with Gasteiger partial charge in [0, 0.05) is 0 Å². The molecule has 0 aliphatic rings. The van der Waals surface area contributed by atoms with Gasteiger partial charge in [-0.15, -0.1) is 0 Å². The molecule has 5 N–H and O–H groups in total. The molecule has 18 heavy (non-hydrogen) atoms. The molecule has 98 valence electrons. The predicted octanol–water partition coefficient (Wildman–Crippen LogP) is -0.259. The molecule has 9 nitrogen and oxygen atoms in total. The van der Waals surface area contributed by atoms with Gasteiger partial charge < -0.3 is 20.4 Å². The number of hydrogen-bond acceptors (Lipinski definition) is 6. The van der Waals surface area contributed by atoms with Crippen LogP contribution in [0.2, 0.25) is 0 Å². The molecule has 10 heteroatoms. The Balaban J connectivity index is 3.95. The second-order valence-electron chi connectivity index (χ2n) is 3.08. The van der Waals surface area contributed by atoms with E-state index in [0.29, 0.717) is 6.07 Å². The number of rotatable bonds is 3. The van der Waals surface area contributed by atoms with Crippen molar-refractivity contribution >= 4 is 22.1 Å². The van der Waals surface area contributed by atoms with Gasteiger partial charge in [-0.2, -0.15) is 8.42 Å². The molecular formula is C8H6O9S. The number of aromatic hydroxyl groups is 2. The van der Waals surface area contributed by atoms with E-state index in [1.54, 1.807) is 0 Å². The summed E-state index contributed by atoms with van der Waals surface area (Å²) in [5.41, 5.74) is -2.38. The SMILES string of the molecule is O=C(O)c1cc(O)c(C(=O)O)c(S(=O)(=O)O)c1O. The summed E-state index contributed by atoms with van der Waals surface area (Å²) in [5.74, 6) is -6.47. The van der Waals surface area contributed by atoms with Crippen LogP contribution in [0.1, 0.15) is 20.7 Å². The van der Waals surface area contributed by atoms with Crippen LogP contribution >= 0.6 is 0 Å². The van der Waals surface area contributed by atoms with E-state index in [1.165, 1.54) is 0 Å². The Labute approximate surface area is 99.3 Å². The molecule has 1 rings (SSSR count). The molecule has 0 bridgehead atoms. The molecule has 0 aromatic heterocycles. The molecule has 0 heterocycles. The summed E-state index contributed by atoms with van der Waals surface area (Å²) < 4.78 is 30.6. The summed E-state index contributed by atoms with van der Waals surface area (Å²) >= 11 is 0. The van der Waals surface area contributed by atoms with Crippen LogP contribution in [-0.2, 0) is 10.1 Å². The lowest BCUT2D eigenvalue weighted by atomic mass is 10.1. The van der Waals surface area contributed by atoms with Crippen molar-refractivity contribution in [1.82, 2.24) is 0 Å². The third-order valence-corrected chi connectivity index (χ3v) is 2.85. The van der Waals surface area contributed by atoms with Gasteiger partial charge in [-0.25, -0.2) is 9.59 Å². The fourth-order valence-electron chi connectivity index (χ4n) is 1.26. The Kier molecular flexibility index (Phi) is 3.17. The van der Waals surface area contributed by atoms with E-state index in [2.05, 4.69) is 0 Å². The summed E-state index contributed by atoms with van der Waals surface area (Å²) in [4.78, 5) is 19.8. The lowest BCUT2D eigenvalue weighted by Crippen LogP contribution is -2.11. The van der Waals surface area contributed by atoms with Crippen LogP contribution in [0, 0.1) is 0 Å². The van der Waals surface area contributed by atoms with Gasteiger partial charge in [-0.05, 0) is 6.07 Å². The number of carboxylic acids is 2. The minimum absolute atomic E-state index is 0.357. The van der Waals surface area contributed by atoms with E-state index in [-0.39, 0.29) is 0 Å². The van der Waals surface area contributed by atoms with Crippen molar-refractivity contribution in [3.05, 3.63) is 17.2 Å². The Bertz CT molecular complexity index is 643. The molecule has 0 spiro atoms. The standard InChI is InChI=1S/C8H6O9S/c9-3-1-2(7(11)12)5(10)6(18(15,16)17)4(3)8(13)14/h1,9-10H,(H,11,12)(H,13,14)(H,15,16,17). The topological polar surface area (TPSA) is 169 Å². The zero-order valence-electron chi connectivity index (χ0n) is 8.35. The number of carbonyl (C=O) groups is 2. The van der Waals surface area contributed by atoms with Gasteiger partial charge in [0.25, 0.3) is 10.1 Å². The lowest BCUT2D eigenvalue weighted by Gasteiger charge is -2.10. The summed E-state index contributed by atoms with van der Waals surface area (Å²) in [5, 5.41) is 35.9. The highest BCUT2D eigenvalue weighted by atomic mass is 32.2. The average Bonchev–Trinajstić information content (AvgIpc) is 2.17.